The van der Waals surface area contributed by atoms with E-state index in [9.17, 15) is 19.7 Å². The van der Waals surface area contributed by atoms with Crippen molar-refractivity contribution >= 4 is 83.8 Å². The number of nitro groups is 1. The quantitative estimate of drug-likeness (QED) is 0.160. The van der Waals surface area contributed by atoms with Crippen LogP contribution in [0.3, 0.4) is 0 Å². The standard InChI is InChI=1S/C23H13Br2ClN2O5S/c24-18-8-14(9-19(25)21(18)33-12-13-3-1-6-17(7-13)28(31)32)10-20-22(29)27(23(30)34-20)16-5-2-4-15(26)11-16/h1-11H,12H2/b20-10+. The zero-order chi connectivity index (χ0) is 24.4. The van der Waals surface area contributed by atoms with Gasteiger partial charge in [-0.2, -0.15) is 0 Å². The summed E-state index contributed by atoms with van der Waals surface area (Å²) in [6.45, 7) is 0.122. The highest BCUT2D eigenvalue weighted by Gasteiger charge is 2.36. The van der Waals surface area contributed by atoms with Crippen LogP contribution in [-0.4, -0.2) is 16.1 Å². The SMILES string of the molecule is O=C1S/C(=C/c2cc(Br)c(OCc3cccc([N+](=O)[O-])c3)c(Br)c2)C(=O)N1c1cccc(Cl)c1. The number of imide groups is 1. The first-order valence-corrected chi connectivity index (χ1v) is 12.4. The van der Waals surface area contributed by atoms with Crippen LogP contribution in [0.1, 0.15) is 11.1 Å². The van der Waals surface area contributed by atoms with E-state index < -0.39 is 16.1 Å². The van der Waals surface area contributed by atoms with Crippen molar-refractivity contribution in [3.63, 3.8) is 0 Å². The van der Waals surface area contributed by atoms with Crippen LogP contribution in [0.2, 0.25) is 5.02 Å². The summed E-state index contributed by atoms with van der Waals surface area (Å²) in [5.74, 6) is 0.0613. The summed E-state index contributed by atoms with van der Waals surface area (Å²) in [6.07, 6.45) is 1.62. The van der Waals surface area contributed by atoms with E-state index in [0.717, 1.165) is 16.7 Å². The lowest BCUT2D eigenvalue weighted by Gasteiger charge is -2.13. The van der Waals surface area contributed by atoms with Crippen LogP contribution in [0.15, 0.2) is 74.5 Å². The van der Waals surface area contributed by atoms with Gasteiger partial charge in [0.1, 0.15) is 12.4 Å². The molecule has 0 bridgehead atoms. The van der Waals surface area contributed by atoms with Crippen molar-refractivity contribution in [2.75, 3.05) is 4.90 Å². The second kappa shape index (κ2) is 10.3. The van der Waals surface area contributed by atoms with Crippen LogP contribution in [0.4, 0.5) is 16.2 Å². The van der Waals surface area contributed by atoms with E-state index >= 15 is 0 Å². The number of nitrogens with zero attached hydrogens (tertiary/aromatic N) is 2. The van der Waals surface area contributed by atoms with Crippen LogP contribution >= 0.6 is 55.2 Å². The summed E-state index contributed by atoms with van der Waals surface area (Å²) >= 11 is 13.8. The molecule has 0 aromatic heterocycles. The predicted octanol–water partition coefficient (Wildman–Crippen LogP) is 7.59. The smallest absolute Gasteiger partial charge is 0.298 e. The van der Waals surface area contributed by atoms with Crippen LogP contribution < -0.4 is 9.64 Å². The maximum absolute atomic E-state index is 12.9. The van der Waals surface area contributed by atoms with Gasteiger partial charge in [-0.25, -0.2) is 4.90 Å². The zero-order valence-corrected chi connectivity index (χ0v) is 21.8. The third-order valence-corrected chi connectivity index (χ3v) is 6.97. The number of nitro benzene ring substituents is 1. The molecule has 3 aromatic rings. The van der Waals surface area contributed by atoms with Gasteiger partial charge in [0.15, 0.2) is 0 Å². The van der Waals surface area contributed by atoms with Gasteiger partial charge in [0.2, 0.25) is 0 Å². The highest BCUT2D eigenvalue weighted by atomic mass is 79.9. The van der Waals surface area contributed by atoms with Gasteiger partial charge in [-0.15, -0.1) is 0 Å². The summed E-state index contributed by atoms with van der Waals surface area (Å²) in [5, 5.41) is 11.0. The number of amides is 2. The van der Waals surface area contributed by atoms with Crippen molar-refractivity contribution in [1.29, 1.82) is 0 Å². The molecule has 0 N–H and O–H groups in total. The summed E-state index contributed by atoms with van der Waals surface area (Å²) in [5.41, 5.74) is 1.71. The van der Waals surface area contributed by atoms with Gasteiger partial charge in [0.05, 0.1) is 24.5 Å². The first kappa shape index (κ1) is 24.5. The molecule has 1 heterocycles. The fourth-order valence-corrected chi connectivity index (χ4v) is 5.65. The number of ether oxygens (including phenoxy) is 1. The molecule has 0 spiro atoms. The molecule has 0 radical (unpaired) electrons. The van der Waals surface area contributed by atoms with E-state index in [1.807, 2.05) is 0 Å². The monoisotopic (exact) mass is 622 g/mol. The largest absolute Gasteiger partial charge is 0.487 e. The molecule has 7 nitrogen and oxygen atoms in total. The molecule has 1 aliphatic rings. The lowest BCUT2D eigenvalue weighted by atomic mass is 10.2. The maximum atomic E-state index is 12.9. The molecule has 1 aliphatic heterocycles. The van der Waals surface area contributed by atoms with Crippen molar-refractivity contribution in [2.45, 2.75) is 6.61 Å². The minimum absolute atomic E-state index is 0.0127. The van der Waals surface area contributed by atoms with Gasteiger partial charge in [-0.3, -0.25) is 19.7 Å². The number of benzene rings is 3. The number of hydrogen-bond acceptors (Lipinski definition) is 6. The van der Waals surface area contributed by atoms with Crippen LogP contribution in [-0.2, 0) is 11.4 Å². The third kappa shape index (κ3) is 5.35. The van der Waals surface area contributed by atoms with Crippen LogP contribution in [0.5, 0.6) is 5.75 Å². The molecule has 1 saturated heterocycles. The number of carbonyl (C=O) groups excluding carboxylic acids is 2. The minimum Gasteiger partial charge on any atom is -0.487 e. The van der Waals surface area contributed by atoms with E-state index in [-0.39, 0.29) is 17.2 Å². The Morgan fingerprint density at radius 3 is 2.44 bits per heavy atom. The molecule has 0 unspecified atom stereocenters. The van der Waals surface area contributed by atoms with Crippen molar-refractivity contribution in [3.8, 4) is 5.75 Å². The fourth-order valence-electron chi connectivity index (χ4n) is 3.17. The molecule has 4 rings (SSSR count). The molecule has 3 aromatic carbocycles. The lowest BCUT2D eigenvalue weighted by Crippen LogP contribution is -2.27. The van der Waals surface area contributed by atoms with Crippen molar-refractivity contribution in [2.24, 2.45) is 0 Å². The number of thioether (sulfide) groups is 1. The number of carbonyl (C=O) groups is 2. The first-order chi connectivity index (χ1) is 16.2. The van der Waals surface area contributed by atoms with E-state index in [2.05, 4.69) is 31.9 Å². The molecular weight excluding hydrogens is 612 g/mol. The molecule has 2 amide bonds. The van der Waals surface area contributed by atoms with Crippen molar-refractivity contribution in [3.05, 3.63) is 101 Å². The van der Waals surface area contributed by atoms with Crippen LogP contribution in [0.25, 0.3) is 6.08 Å². The fraction of sp³-hybridized carbons (Fsp3) is 0.0435. The van der Waals surface area contributed by atoms with E-state index in [1.165, 1.54) is 12.1 Å². The molecule has 172 valence electrons. The zero-order valence-electron chi connectivity index (χ0n) is 17.0. The molecular formula is C23H13Br2ClN2O5S. The van der Waals surface area contributed by atoms with Gasteiger partial charge in [-0.05, 0) is 91.2 Å². The topological polar surface area (TPSA) is 89.7 Å². The Bertz CT molecular complexity index is 1340. The van der Waals surface area contributed by atoms with Crippen molar-refractivity contribution in [1.82, 2.24) is 0 Å². The molecule has 0 saturated carbocycles. The van der Waals surface area contributed by atoms with Gasteiger partial charge in [-0.1, -0.05) is 29.8 Å². The Hall–Kier alpha value is -2.66. The Labute approximate surface area is 220 Å². The maximum Gasteiger partial charge on any atom is 0.298 e. The highest BCUT2D eigenvalue weighted by Crippen LogP contribution is 2.39. The lowest BCUT2D eigenvalue weighted by molar-refractivity contribution is -0.384. The second-order valence-corrected chi connectivity index (χ2v) is 10.2. The molecule has 34 heavy (non-hydrogen) atoms. The Morgan fingerprint density at radius 2 is 1.76 bits per heavy atom. The predicted molar refractivity (Wildman–Crippen MR) is 139 cm³/mol. The average molecular weight is 625 g/mol. The summed E-state index contributed by atoms with van der Waals surface area (Å²) < 4.78 is 7.06. The summed E-state index contributed by atoms with van der Waals surface area (Å²) in [6, 6.07) is 16.2. The molecule has 0 atom stereocenters. The van der Waals surface area contributed by atoms with Crippen LogP contribution in [0, 0.1) is 10.1 Å². The van der Waals surface area contributed by atoms with Gasteiger partial charge in [0, 0.05) is 17.2 Å². The van der Waals surface area contributed by atoms with Crippen molar-refractivity contribution < 1.29 is 19.2 Å². The van der Waals surface area contributed by atoms with E-state index in [1.54, 1.807) is 54.6 Å². The van der Waals surface area contributed by atoms with Gasteiger partial charge in [0.25, 0.3) is 16.8 Å². The average Bonchev–Trinajstić information content (AvgIpc) is 3.06. The number of halogens is 3. The number of non-ortho nitro benzene ring substituents is 1. The minimum atomic E-state index is -0.460. The first-order valence-electron chi connectivity index (χ1n) is 9.61. The Balaban J connectivity index is 1.54. The molecule has 1 fully saturated rings. The van der Waals surface area contributed by atoms with E-state index in [0.29, 0.717) is 36.5 Å². The second-order valence-electron chi connectivity index (χ2n) is 7.03. The summed E-state index contributed by atoms with van der Waals surface area (Å²) in [7, 11) is 0. The third-order valence-electron chi connectivity index (χ3n) is 4.68. The Morgan fingerprint density at radius 1 is 1.06 bits per heavy atom. The number of hydrogen-bond donors (Lipinski definition) is 0. The number of rotatable bonds is 6. The molecule has 11 heteroatoms. The van der Waals surface area contributed by atoms with Gasteiger partial charge < -0.3 is 4.74 Å². The van der Waals surface area contributed by atoms with E-state index in [4.69, 9.17) is 16.3 Å². The highest BCUT2D eigenvalue weighted by molar-refractivity contribution is 9.11. The van der Waals surface area contributed by atoms with Gasteiger partial charge >= 0.3 is 0 Å². The molecule has 0 aliphatic carbocycles. The number of anilines is 1. The normalized spacial score (nSPS) is 14.7. The Kier molecular flexibility index (Phi) is 7.42. The summed E-state index contributed by atoms with van der Waals surface area (Å²) in [4.78, 5) is 37.2.